The Kier molecular flexibility index (Phi) is 8.77. The first kappa shape index (κ1) is 24.1. The summed E-state index contributed by atoms with van der Waals surface area (Å²) in [6.07, 6.45) is 0.911. The molecule has 0 bridgehead atoms. The molecule has 0 aromatic heterocycles. The van der Waals surface area contributed by atoms with E-state index in [0.717, 1.165) is 0 Å². The lowest BCUT2D eigenvalue weighted by Gasteiger charge is -2.32. The molecule has 2 rings (SSSR count). The Bertz CT molecular complexity index is 766. The van der Waals surface area contributed by atoms with Crippen molar-refractivity contribution in [2.45, 2.75) is 38.8 Å². The molecule has 0 aliphatic carbocycles. The molecule has 1 aromatic carbocycles. The van der Waals surface area contributed by atoms with Crippen LogP contribution >= 0.6 is 0 Å². The van der Waals surface area contributed by atoms with Gasteiger partial charge in [0.1, 0.15) is 6.04 Å². The maximum atomic E-state index is 12.7. The summed E-state index contributed by atoms with van der Waals surface area (Å²) < 4.78 is 20.8. The summed E-state index contributed by atoms with van der Waals surface area (Å²) in [7, 11) is 4.40. The monoisotopic (exact) mass is 437 g/mol. The number of carbonyl (C=O) groups excluding carboxylic acids is 3. The van der Waals surface area contributed by atoms with Gasteiger partial charge in [0.2, 0.25) is 11.7 Å². The van der Waals surface area contributed by atoms with Crippen LogP contribution in [0.15, 0.2) is 12.1 Å². The molecule has 1 saturated heterocycles. The van der Waals surface area contributed by atoms with Crippen LogP contribution < -0.4 is 24.8 Å². The van der Waals surface area contributed by atoms with Gasteiger partial charge in [0.05, 0.1) is 27.9 Å². The molecule has 1 heterocycles. The summed E-state index contributed by atoms with van der Waals surface area (Å²) in [6.45, 7) is 4.72. The third-order valence-electron chi connectivity index (χ3n) is 5.04. The van der Waals surface area contributed by atoms with E-state index in [9.17, 15) is 14.4 Å². The first-order valence-corrected chi connectivity index (χ1v) is 10.2. The van der Waals surface area contributed by atoms with Crippen LogP contribution in [0.3, 0.4) is 0 Å². The highest BCUT2D eigenvalue weighted by Gasteiger charge is 2.27. The zero-order chi connectivity index (χ0) is 23.0. The van der Waals surface area contributed by atoms with E-state index in [4.69, 9.17) is 18.9 Å². The van der Waals surface area contributed by atoms with Crippen LogP contribution in [0, 0.1) is 0 Å². The lowest BCUT2D eigenvalue weighted by molar-refractivity contribution is -0.123. The molecule has 31 heavy (non-hydrogen) atoms. The molecule has 10 heteroatoms. The molecule has 172 valence electrons. The number of likely N-dealkylation sites (tertiary alicyclic amines) is 1. The van der Waals surface area contributed by atoms with Crippen LogP contribution in [0.4, 0.5) is 4.79 Å². The van der Waals surface area contributed by atoms with Crippen LogP contribution in [0.25, 0.3) is 0 Å². The second-order valence-corrected chi connectivity index (χ2v) is 7.08. The predicted octanol–water partition coefficient (Wildman–Crippen LogP) is 1.57. The number of carbonyl (C=O) groups is 3. The Morgan fingerprint density at radius 3 is 2.13 bits per heavy atom. The van der Waals surface area contributed by atoms with Gasteiger partial charge in [0.15, 0.2) is 11.5 Å². The van der Waals surface area contributed by atoms with Crippen LogP contribution in [-0.4, -0.2) is 75.9 Å². The number of amides is 3. The molecule has 3 amide bonds. The normalized spacial score (nSPS) is 14.9. The number of rotatable bonds is 8. The maximum Gasteiger partial charge on any atom is 0.409 e. The van der Waals surface area contributed by atoms with Gasteiger partial charge in [-0.1, -0.05) is 0 Å². The molecule has 1 aliphatic rings. The van der Waals surface area contributed by atoms with Crippen molar-refractivity contribution in [1.29, 1.82) is 0 Å². The average Bonchev–Trinajstić information content (AvgIpc) is 2.78. The van der Waals surface area contributed by atoms with E-state index in [0.29, 0.717) is 49.8 Å². The molecular formula is C21H31N3O7. The molecule has 10 nitrogen and oxygen atoms in total. The summed E-state index contributed by atoms with van der Waals surface area (Å²) in [4.78, 5) is 38.6. The summed E-state index contributed by atoms with van der Waals surface area (Å²) in [6, 6.07) is 2.21. The number of benzene rings is 1. The second kappa shape index (κ2) is 11.3. The summed E-state index contributed by atoms with van der Waals surface area (Å²) >= 11 is 0. The van der Waals surface area contributed by atoms with Gasteiger partial charge in [-0.15, -0.1) is 0 Å². The summed E-state index contributed by atoms with van der Waals surface area (Å²) in [5.41, 5.74) is 0.275. The second-order valence-electron chi connectivity index (χ2n) is 7.08. The van der Waals surface area contributed by atoms with E-state index in [1.54, 1.807) is 18.7 Å². The summed E-state index contributed by atoms with van der Waals surface area (Å²) in [5, 5.41) is 5.61. The highest BCUT2D eigenvalue weighted by atomic mass is 16.6. The molecule has 1 atom stereocenters. The van der Waals surface area contributed by atoms with Gasteiger partial charge in [-0.3, -0.25) is 9.59 Å². The fourth-order valence-electron chi connectivity index (χ4n) is 3.31. The number of piperidine rings is 1. The van der Waals surface area contributed by atoms with Gasteiger partial charge in [0, 0.05) is 24.7 Å². The van der Waals surface area contributed by atoms with Crippen molar-refractivity contribution in [3.8, 4) is 17.2 Å². The minimum atomic E-state index is -0.755. The van der Waals surface area contributed by atoms with Crippen molar-refractivity contribution >= 4 is 17.9 Å². The minimum absolute atomic E-state index is 0.0706. The molecule has 1 aromatic rings. The molecule has 2 N–H and O–H groups in total. The molecule has 0 spiro atoms. The molecular weight excluding hydrogens is 406 g/mol. The maximum absolute atomic E-state index is 12.7. The third-order valence-corrected chi connectivity index (χ3v) is 5.04. The third kappa shape index (κ3) is 6.16. The highest BCUT2D eigenvalue weighted by molar-refractivity contribution is 5.98. The van der Waals surface area contributed by atoms with Crippen LogP contribution in [-0.2, 0) is 9.53 Å². The quantitative estimate of drug-likeness (QED) is 0.634. The van der Waals surface area contributed by atoms with E-state index < -0.39 is 11.9 Å². The molecule has 0 saturated carbocycles. The Balaban J connectivity index is 1.93. The first-order chi connectivity index (χ1) is 14.8. The Morgan fingerprint density at radius 2 is 1.65 bits per heavy atom. The van der Waals surface area contributed by atoms with Crippen molar-refractivity contribution in [2.24, 2.45) is 0 Å². The zero-order valence-electron chi connectivity index (χ0n) is 18.6. The van der Waals surface area contributed by atoms with E-state index in [1.807, 2.05) is 0 Å². The number of nitrogens with one attached hydrogen (secondary N) is 2. The van der Waals surface area contributed by atoms with Crippen LogP contribution in [0.1, 0.15) is 37.0 Å². The standard InChI is InChI=1S/C21H31N3O7/c1-6-31-21(27)24-9-7-15(8-10-24)23-19(25)13(2)22-20(26)14-11-16(28-3)18(30-5)17(12-14)29-4/h11-13,15H,6-10H2,1-5H3,(H,22,26)(H,23,25)/t13-/m1/s1. The fraction of sp³-hybridized carbons (Fsp3) is 0.571. The predicted molar refractivity (Wildman–Crippen MR) is 113 cm³/mol. The van der Waals surface area contributed by atoms with Crippen molar-refractivity contribution in [3.63, 3.8) is 0 Å². The Labute approximate surface area is 182 Å². The van der Waals surface area contributed by atoms with E-state index in [2.05, 4.69) is 10.6 Å². The Hall–Kier alpha value is -3.17. The van der Waals surface area contributed by atoms with Crippen molar-refractivity contribution in [3.05, 3.63) is 17.7 Å². The van der Waals surface area contributed by atoms with Gasteiger partial charge in [0.25, 0.3) is 5.91 Å². The lowest BCUT2D eigenvalue weighted by atomic mass is 10.0. The van der Waals surface area contributed by atoms with Crippen LogP contribution in [0.5, 0.6) is 17.2 Å². The molecule has 1 aliphatic heterocycles. The van der Waals surface area contributed by atoms with E-state index in [-0.39, 0.29) is 23.6 Å². The number of hydrogen-bond donors (Lipinski definition) is 2. The van der Waals surface area contributed by atoms with E-state index in [1.165, 1.54) is 33.5 Å². The first-order valence-electron chi connectivity index (χ1n) is 10.2. The van der Waals surface area contributed by atoms with Gasteiger partial charge in [-0.25, -0.2) is 4.79 Å². The average molecular weight is 437 g/mol. The van der Waals surface area contributed by atoms with E-state index >= 15 is 0 Å². The number of hydrogen-bond acceptors (Lipinski definition) is 7. The topological polar surface area (TPSA) is 115 Å². The van der Waals surface area contributed by atoms with Crippen molar-refractivity contribution in [1.82, 2.24) is 15.5 Å². The fourth-order valence-corrected chi connectivity index (χ4v) is 3.31. The zero-order valence-corrected chi connectivity index (χ0v) is 18.6. The highest BCUT2D eigenvalue weighted by Crippen LogP contribution is 2.38. The minimum Gasteiger partial charge on any atom is -0.493 e. The van der Waals surface area contributed by atoms with Gasteiger partial charge >= 0.3 is 6.09 Å². The summed E-state index contributed by atoms with van der Waals surface area (Å²) in [5.74, 6) is 0.325. The lowest BCUT2D eigenvalue weighted by Crippen LogP contribution is -2.51. The van der Waals surface area contributed by atoms with Crippen molar-refractivity contribution < 1.29 is 33.3 Å². The number of nitrogens with zero attached hydrogens (tertiary/aromatic N) is 1. The SMILES string of the molecule is CCOC(=O)N1CCC(NC(=O)[C@@H](C)NC(=O)c2cc(OC)c(OC)c(OC)c2)CC1. The largest absolute Gasteiger partial charge is 0.493 e. The van der Waals surface area contributed by atoms with Gasteiger partial charge in [-0.2, -0.15) is 0 Å². The molecule has 0 unspecified atom stereocenters. The van der Waals surface area contributed by atoms with Gasteiger partial charge in [-0.05, 0) is 38.8 Å². The van der Waals surface area contributed by atoms with Crippen LogP contribution in [0.2, 0.25) is 0 Å². The number of methoxy groups -OCH3 is 3. The number of ether oxygens (including phenoxy) is 4. The van der Waals surface area contributed by atoms with Gasteiger partial charge < -0.3 is 34.5 Å². The Morgan fingerprint density at radius 1 is 1.06 bits per heavy atom. The molecule has 0 radical (unpaired) electrons. The molecule has 1 fully saturated rings. The van der Waals surface area contributed by atoms with Crippen molar-refractivity contribution in [2.75, 3.05) is 41.0 Å². The smallest absolute Gasteiger partial charge is 0.409 e.